The van der Waals surface area contributed by atoms with Crippen LogP contribution in [0, 0.1) is 0 Å². The lowest BCUT2D eigenvalue weighted by Gasteiger charge is -2.35. The maximum atomic E-state index is 12.4. The molecule has 0 unspecified atom stereocenters. The SMILES string of the molecule is O=C(CCNS(=O)(=O)c1cccc(Cl)c1)N1CCN(CC(=O)N2CCCC2)CC1. The van der Waals surface area contributed by atoms with Crippen LogP contribution in [-0.2, 0) is 19.6 Å². The van der Waals surface area contributed by atoms with Gasteiger partial charge in [-0.2, -0.15) is 0 Å². The molecule has 0 spiro atoms. The number of carbonyl (C=O) groups excluding carboxylic acids is 2. The van der Waals surface area contributed by atoms with E-state index in [0.29, 0.717) is 37.7 Å². The van der Waals surface area contributed by atoms with Crippen LogP contribution in [0.25, 0.3) is 0 Å². The zero-order valence-corrected chi connectivity index (χ0v) is 17.9. The Morgan fingerprint density at radius 3 is 2.28 bits per heavy atom. The Hall–Kier alpha value is -1.68. The standard InChI is InChI=1S/C19H27ClN4O4S/c20-16-4-3-5-17(14-16)29(27,28)21-7-6-18(25)24-12-10-22(11-13-24)15-19(26)23-8-1-2-9-23/h3-5,14,21H,1-2,6-13,15H2. The summed E-state index contributed by atoms with van der Waals surface area (Å²) < 4.78 is 27.0. The molecule has 2 amide bonds. The first-order valence-corrected chi connectivity index (χ1v) is 11.7. The summed E-state index contributed by atoms with van der Waals surface area (Å²) in [6.07, 6.45) is 2.25. The maximum Gasteiger partial charge on any atom is 0.240 e. The largest absolute Gasteiger partial charge is 0.342 e. The van der Waals surface area contributed by atoms with E-state index in [0.717, 1.165) is 25.9 Å². The molecule has 160 valence electrons. The zero-order chi connectivity index (χ0) is 20.9. The molecule has 0 radical (unpaired) electrons. The van der Waals surface area contributed by atoms with E-state index in [1.165, 1.54) is 12.1 Å². The molecule has 0 bridgehead atoms. The van der Waals surface area contributed by atoms with E-state index >= 15 is 0 Å². The van der Waals surface area contributed by atoms with Crippen LogP contribution in [0.5, 0.6) is 0 Å². The summed E-state index contributed by atoms with van der Waals surface area (Å²) in [6.45, 7) is 4.53. The molecule has 2 fully saturated rings. The summed E-state index contributed by atoms with van der Waals surface area (Å²) >= 11 is 5.84. The van der Waals surface area contributed by atoms with Crippen molar-refractivity contribution in [1.82, 2.24) is 19.4 Å². The second-order valence-corrected chi connectivity index (χ2v) is 9.55. The van der Waals surface area contributed by atoms with Gasteiger partial charge in [-0.05, 0) is 31.0 Å². The third-order valence-corrected chi connectivity index (χ3v) is 6.97. The summed E-state index contributed by atoms with van der Waals surface area (Å²) in [6, 6.07) is 5.99. The van der Waals surface area contributed by atoms with Gasteiger partial charge in [0.25, 0.3) is 0 Å². The minimum atomic E-state index is -3.70. The van der Waals surface area contributed by atoms with E-state index in [4.69, 9.17) is 11.6 Å². The lowest BCUT2D eigenvalue weighted by molar-refractivity contribution is -0.134. The highest BCUT2D eigenvalue weighted by atomic mass is 35.5. The molecule has 0 aliphatic carbocycles. The fourth-order valence-electron chi connectivity index (χ4n) is 3.58. The molecule has 1 aromatic rings. The molecular weight excluding hydrogens is 416 g/mol. The lowest BCUT2D eigenvalue weighted by atomic mass is 10.2. The smallest absolute Gasteiger partial charge is 0.240 e. The molecular formula is C19H27ClN4O4S. The first kappa shape index (κ1) is 22.0. The van der Waals surface area contributed by atoms with Crippen LogP contribution >= 0.6 is 11.6 Å². The number of nitrogens with zero attached hydrogens (tertiary/aromatic N) is 3. The Kier molecular flexibility index (Phi) is 7.50. The Morgan fingerprint density at radius 1 is 0.966 bits per heavy atom. The van der Waals surface area contributed by atoms with Crippen molar-refractivity contribution in [2.24, 2.45) is 0 Å². The van der Waals surface area contributed by atoms with E-state index in [1.807, 2.05) is 4.90 Å². The monoisotopic (exact) mass is 442 g/mol. The molecule has 29 heavy (non-hydrogen) atoms. The number of rotatable bonds is 7. The second-order valence-electron chi connectivity index (χ2n) is 7.35. The molecule has 2 aliphatic heterocycles. The molecule has 2 heterocycles. The number of halogens is 1. The normalized spacial score (nSPS) is 18.2. The molecule has 2 aliphatic rings. The highest BCUT2D eigenvalue weighted by molar-refractivity contribution is 7.89. The average molecular weight is 443 g/mol. The number of sulfonamides is 1. The van der Waals surface area contributed by atoms with E-state index in [1.54, 1.807) is 17.0 Å². The molecule has 2 saturated heterocycles. The third-order valence-electron chi connectivity index (χ3n) is 5.28. The summed E-state index contributed by atoms with van der Waals surface area (Å²) in [4.78, 5) is 30.4. The van der Waals surface area contributed by atoms with Crippen LogP contribution in [0.1, 0.15) is 19.3 Å². The van der Waals surface area contributed by atoms with Crippen molar-refractivity contribution in [3.63, 3.8) is 0 Å². The van der Waals surface area contributed by atoms with Crippen LogP contribution in [0.3, 0.4) is 0 Å². The zero-order valence-electron chi connectivity index (χ0n) is 16.3. The van der Waals surface area contributed by atoms with Crippen molar-refractivity contribution in [2.45, 2.75) is 24.2 Å². The first-order chi connectivity index (χ1) is 13.8. The van der Waals surface area contributed by atoms with Gasteiger partial charge in [0.2, 0.25) is 21.8 Å². The van der Waals surface area contributed by atoms with Crippen LogP contribution in [0.4, 0.5) is 0 Å². The number of hydrogen-bond acceptors (Lipinski definition) is 5. The molecule has 0 saturated carbocycles. The quantitative estimate of drug-likeness (QED) is 0.673. The molecule has 0 atom stereocenters. The summed E-state index contributed by atoms with van der Waals surface area (Å²) in [5, 5.41) is 0.338. The van der Waals surface area contributed by atoms with E-state index in [9.17, 15) is 18.0 Å². The van der Waals surface area contributed by atoms with E-state index < -0.39 is 10.0 Å². The van der Waals surface area contributed by atoms with Crippen LogP contribution in [0.2, 0.25) is 5.02 Å². The van der Waals surface area contributed by atoms with Crippen molar-refractivity contribution < 1.29 is 18.0 Å². The minimum Gasteiger partial charge on any atom is -0.342 e. The lowest BCUT2D eigenvalue weighted by Crippen LogP contribution is -2.51. The summed E-state index contributed by atoms with van der Waals surface area (Å²) in [5.41, 5.74) is 0. The number of amides is 2. The highest BCUT2D eigenvalue weighted by Crippen LogP contribution is 2.15. The van der Waals surface area contributed by atoms with Crippen LogP contribution < -0.4 is 4.72 Å². The number of benzene rings is 1. The third kappa shape index (κ3) is 6.15. The predicted octanol–water partition coefficient (Wildman–Crippen LogP) is 0.775. The second kappa shape index (κ2) is 9.88. The van der Waals surface area contributed by atoms with Gasteiger partial charge in [0.15, 0.2) is 0 Å². The van der Waals surface area contributed by atoms with Crippen molar-refractivity contribution in [2.75, 3.05) is 52.4 Å². The number of likely N-dealkylation sites (tertiary alicyclic amines) is 1. The van der Waals surface area contributed by atoms with Gasteiger partial charge >= 0.3 is 0 Å². The van der Waals surface area contributed by atoms with Gasteiger partial charge < -0.3 is 9.80 Å². The van der Waals surface area contributed by atoms with Gasteiger partial charge in [-0.1, -0.05) is 17.7 Å². The van der Waals surface area contributed by atoms with E-state index in [2.05, 4.69) is 9.62 Å². The first-order valence-electron chi connectivity index (χ1n) is 9.88. The predicted molar refractivity (Wildman–Crippen MR) is 110 cm³/mol. The molecule has 8 nitrogen and oxygen atoms in total. The van der Waals surface area contributed by atoms with Gasteiger partial charge in [-0.15, -0.1) is 0 Å². The summed E-state index contributed by atoms with van der Waals surface area (Å²) in [5.74, 6) is 0.0713. The van der Waals surface area contributed by atoms with E-state index in [-0.39, 0.29) is 29.7 Å². The molecule has 1 N–H and O–H groups in total. The maximum absolute atomic E-state index is 12.4. The Morgan fingerprint density at radius 2 is 1.62 bits per heavy atom. The molecule has 3 rings (SSSR count). The van der Waals surface area contributed by atoms with Crippen molar-refractivity contribution in [3.05, 3.63) is 29.3 Å². The van der Waals surface area contributed by atoms with Gasteiger partial charge in [-0.25, -0.2) is 13.1 Å². The Bertz CT molecular complexity index is 834. The minimum absolute atomic E-state index is 0.0291. The number of hydrogen-bond donors (Lipinski definition) is 1. The average Bonchev–Trinajstić information content (AvgIpc) is 3.23. The van der Waals surface area contributed by atoms with Crippen molar-refractivity contribution >= 4 is 33.4 Å². The number of carbonyl (C=O) groups is 2. The molecule has 1 aromatic carbocycles. The van der Waals surface area contributed by atoms with Gasteiger partial charge in [-0.3, -0.25) is 14.5 Å². The van der Waals surface area contributed by atoms with Crippen molar-refractivity contribution in [3.8, 4) is 0 Å². The molecule has 0 aromatic heterocycles. The fraction of sp³-hybridized carbons (Fsp3) is 0.579. The Balaban J connectivity index is 1.39. The fourth-order valence-corrected chi connectivity index (χ4v) is 4.91. The summed E-state index contributed by atoms with van der Waals surface area (Å²) in [7, 11) is -3.70. The van der Waals surface area contributed by atoms with Crippen LogP contribution in [0.15, 0.2) is 29.2 Å². The number of nitrogens with one attached hydrogen (secondary N) is 1. The molecule has 10 heteroatoms. The Labute approximate surface area is 176 Å². The van der Waals surface area contributed by atoms with Crippen molar-refractivity contribution in [1.29, 1.82) is 0 Å². The topological polar surface area (TPSA) is 90.0 Å². The van der Waals surface area contributed by atoms with Gasteiger partial charge in [0.1, 0.15) is 0 Å². The number of piperazine rings is 1. The van der Waals surface area contributed by atoms with Crippen LogP contribution in [-0.4, -0.2) is 87.3 Å². The van der Waals surface area contributed by atoms with Gasteiger partial charge in [0.05, 0.1) is 11.4 Å². The van der Waals surface area contributed by atoms with Gasteiger partial charge in [0, 0.05) is 57.3 Å². The highest BCUT2D eigenvalue weighted by Gasteiger charge is 2.25.